The maximum atomic E-state index is 5.68. The Morgan fingerprint density at radius 3 is 2.20 bits per heavy atom. The summed E-state index contributed by atoms with van der Waals surface area (Å²) in [6.45, 7) is 7.78. The van der Waals surface area contributed by atoms with Gasteiger partial charge in [-0.1, -0.05) is 26.0 Å². The molecule has 2 heteroatoms. The van der Waals surface area contributed by atoms with Gasteiger partial charge in [-0.2, -0.15) is 0 Å². The first-order chi connectivity index (χ1) is 7.24. The summed E-state index contributed by atoms with van der Waals surface area (Å²) in [5.41, 5.74) is 0. The molecule has 0 atom stereocenters. The van der Waals surface area contributed by atoms with Crippen molar-refractivity contribution in [1.29, 1.82) is 0 Å². The minimum Gasteiger partial charge on any atom is -0.490 e. The zero-order valence-electron chi connectivity index (χ0n) is 9.82. The number of hydrogen-bond donors (Lipinski definition) is 0. The molecule has 0 radical (unpaired) electrons. The van der Waals surface area contributed by atoms with Crippen molar-refractivity contribution < 1.29 is 9.47 Å². The highest BCUT2D eigenvalue weighted by Gasteiger charge is 2.03. The van der Waals surface area contributed by atoms with E-state index >= 15 is 0 Å². The van der Waals surface area contributed by atoms with Crippen molar-refractivity contribution in [2.24, 2.45) is 5.92 Å². The summed E-state index contributed by atoms with van der Waals surface area (Å²) in [5.74, 6) is 2.35. The molecule has 15 heavy (non-hydrogen) atoms. The van der Waals surface area contributed by atoms with Crippen LogP contribution < -0.4 is 9.47 Å². The molecule has 0 N–H and O–H groups in total. The third kappa shape index (κ3) is 4.24. The topological polar surface area (TPSA) is 18.5 Å². The van der Waals surface area contributed by atoms with Crippen molar-refractivity contribution in [1.82, 2.24) is 0 Å². The lowest BCUT2D eigenvalue weighted by Gasteiger charge is -2.12. The molecule has 1 aromatic carbocycles. The first-order valence-electron chi connectivity index (χ1n) is 5.58. The minimum atomic E-state index is 0.671. The van der Waals surface area contributed by atoms with Crippen molar-refractivity contribution >= 4 is 0 Å². The number of para-hydroxylation sites is 2. The lowest BCUT2D eigenvalue weighted by atomic mass is 10.1. The van der Waals surface area contributed by atoms with E-state index in [9.17, 15) is 0 Å². The Kier molecular flexibility index (Phi) is 5.02. The second kappa shape index (κ2) is 6.33. The fourth-order valence-corrected chi connectivity index (χ4v) is 1.25. The van der Waals surface area contributed by atoms with Crippen LogP contribution in [0.5, 0.6) is 11.5 Å². The Morgan fingerprint density at radius 2 is 1.67 bits per heavy atom. The van der Waals surface area contributed by atoms with E-state index < -0.39 is 0 Å². The first-order valence-corrected chi connectivity index (χ1v) is 5.58. The SMILES string of the molecule is CCOc1ccccc1OCCC(C)C. The Bertz CT molecular complexity index is 282. The second-order valence-corrected chi connectivity index (χ2v) is 3.91. The standard InChI is InChI=1S/C13H20O2/c1-4-14-12-7-5-6-8-13(12)15-10-9-11(2)3/h5-8,11H,4,9-10H2,1-3H3. The van der Waals surface area contributed by atoms with Gasteiger partial charge in [0.15, 0.2) is 11.5 Å². The number of hydrogen-bond acceptors (Lipinski definition) is 2. The van der Waals surface area contributed by atoms with Crippen molar-refractivity contribution in [2.45, 2.75) is 27.2 Å². The van der Waals surface area contributed by atoms with Gasteiger partial charge < -0.3 is 9.47 Å². The van der Waals surface area contributed by atoms with Gasteiger partial charge in [-0.05, 0) is 31.4 Å². The molecule has 2 nitrogen and oxygen atoms in total. The normalized spacial score (nSPS) is 10.4. The maximum absolute atomic E-state index is 5.68. The molecule has 0 heterocycles. The molecule has 0 aliphatic rings. The summed E-state index contributed by atoms with van der Waals surface area (Å²) >= 11 is 0. The smallest absolute Gasteiger partial charge is 0.161 e. The van der Waals surface area contributed by atoms with Gasteiger partial charge >= 0.3 is 0 Å². The Morgan fingerprint density at radius 1 is 1.07 bits per heavy atom. The monoisotopic (exact) mass is 208 g/mol. The van der Waals surface area contributed by atoms with E-state index in [0.29, 0.717) is 12.5 Å². The molecule has 0 amide bonds. The molecule has 0 saturated heterocycles. The van der Waals surface area contributed by atoms with Gasteiger partial charge in [-0.25, -0.2) is 0 Å². The molecule has 1 aromatic rings. The predicted octanol–water partition coefficient (Wildman–Crippen LogP) is 3.51. The summed E-state index contributed by atoms with van der Waals surface area (Å²) in [4.78, 5) is 0. The maximum Gasteiger partial charge on any atom is 0.161 e. The van der Waals surface area contributed by atoms with E-state index in [1.807, 2.05) is 31.2 Å². The largest absolute Gasteiger partial charge is 0.490 e. The molecule has 0 fully saturated rings. The van der Waals surface area contributed by atoms with Crippen LogP contribution in [0.2, 0.25) is 0 Å². The minimum absolute atomic E-state index is 0.671. The van der Waals surface area contributed by atoms with Gasteiger partial charge in [0.2, 0.25) is 0 Å². The molecule has 0 bridgehead atoms. The Labute approximate surface area is 92.2 Å². The van der Waals surface area contributed by atoms with Gasteiger partial charge in [-0.15, -0.1) is 0 Å². The van der Waals surface area contributed by atoms with Crippen molar-refractivity contribution in [3.63, 3.8) is 0 Å². The van der Waals surface area contributed by atoms with Crippen LogP contribution in [-0.4, -0.2) is 13.2 Å². The fourth-order valence-electron chi connectivity index (χ4n) is 1.25. The van der Waals surface area contributed by atoms with Gasteiger partial charge in [0.1, 0.15) is 0 Å². The van der Waals surface area contributed by atoms with Crippen LogP contribution in [0.1, 0.15) is 27.2 Å². The van der Waals surface area contributed by atoms with Gasteiger partial charge in [0.05, 0.1) is 13.2 Å². The second-order valence-electron chi connectivity index (χ2n) is 3.91. The van der Waals surface area contributed by atoms with Gasteiger partial charge in [-0.3, -0.25) is 0 Å². The molecule has 84 valence electrons. The molecule has 1 rings (SSSR count). The lowest BCUT2D eigenvalue weighted by Crippen LogP contribution is -2.03. The van der Waals surface area contributed by atoms with Crippen LogP contribution in [0, 0.1) is 5.92 Å². The summed E-state index contributed by atoms with van der Waals surface area (Å²) < 4.78 is 11.1. The molecule has 0 aromatic heterocycles. The molecule has 0 unspecified atom stereocenters. The van der Waals surface area contributed by atoms with Crippen LogP contribution in [0.25, 0.3) is 0 Å². The molecular weight excluding hydrogens is 188 g/mol. The van der Waals surface area contributed by atoms with E-state index in [4.69, 9.17) is 9.47 Å². The Hall–Kier alpha value is -1.18. The fraction of sp³-hybridized carbons (Fsp3) is 0.538. The van der Waals surface area contributed by atoms with E-state index in [1.54, 1.807) is 0 Å². The zero-order valence-corrected chi connectivity index (χ0v) is 9.82. The molecular formula is C13H20O2. The highest BCUT2D eigenvalue weighted by molar-refractivity contribution is 5.39. The average Bonchev–Trinajstić information content (AvgIpc) is 2.20. The third-order valence-corrected chi connectivity index (χ3v) is 2.10. The number of ether oxygens (including phenoxy) is 2. The van der Waals surface area contributed by atoms with Gasteiger partial charge in [0, 0.05) is 0 Å². The number of rotatable bonds is 6. The van der Waals surface area contributed by atoms with Crippen LogP contribution in [-0.2, 0) is 0 Å². The van der Waals surface area contributed by atoms with Crippen LogP contribution in [0.4, 0.5) is 0 Å². The Balaban J connectivity index is 2.51. The highest BCUT2D eigenvalue weighted by atomic mass is 16.5. The quantitative estimate of drug-likeness (QED) is 0.712. The molecule has 0 spiro atoms. The molecule has 0 aliphatic heterocycles. The average molecular weight is 208 g/mol. The van der Waals surface area contributed by atoms with Crippen molar-refractivity contribution in [3.8, 4) is 11.5 Å². The molecule has 0 saturated carbocycles. The van der Waals surface area contributed by atoms with Crippen molar-refractivity contribution in [2.75, 3.05) is 13.2 Å². The van der Waals surface area contributed by atoms with E-state index in [-0.39, 0.29) is 0 Å². The summed E-state index contributed by atoms with van der Waals surface area (Å²) in [7, 11) is 0. The van der Waals surface area contributed by atoms with E-state index in [2.05, 4.69) is 13.8 Å². The van der Waals surface area contributed by atoms with E-state index in [0.717, 1.165) is 24.5 Å². The number of benzene rings is 1. The first kappa shape index (κ1) is 11.9. The van der Waals surface area contributed by atoms with E-state index in [1.165, 1.54) is 0 Å². The zero-order chi connectivity index (χ0) is 11.1. The highest BCUT2D eigenvalue weighted by Crippen LogP contribution is 2.26. The van der Waals surface area contributed by atoms with Crippen LogP contribution >= 0.6 is 0 Å². The summed E-state index contributed by atoms with van der Waals surface area (Å²) in [6.07, 6.45) is 1.07. The molecule has 0 aliphatic carbocycles. The van der Waals surface area contributed by atoms with Crippen LogP contribution in [0.15, 0.2) is 24.3 Å². The van der Waals surface area contributed by atoms with Crippen LogP contribution in [0.3, 0.4) is 0 Å². The summed E-state index contributed by atoms with van der Waals surface area (Å²) in [6, 6.07) is 7.81. The lowest BCUT2D eigenvalue weighted by molar-refractivity contribution is 0.261. The van der Waals surface area contributed by atoms with Crippen molar-refractivity contribution in [3.05, 3.63) is 24.3 Å². The van der Waals surface area contributed by atoms with Gasteiger partial charge in [0.25, 0.3) is 0 Å². The predicted molar refractivity (Wildman–Crippen MR) is 62.6 cm³/mol. The third-order valence-electron chi connectivity index (χ3n) is 2.10. The summed E-state index contributed by atoms with van der Waals surface area (Å²) in [5, 5.41) is 0.